The normalized spacial score (nSPS) is 19.5. The van der Waals surface area contributed by atoms with E-state index in [0.717, 1.165) is 5.56 Å². The summed E-state index contributed by atoms with van der Waals surface area (Å²) in [5.41, 5.74) is 3.61. The number of hydrogen-bond acceptors (Lipinski definition) is 3. The van der Waals surface area contributed by atoms with Crippen LogP contribution in [0.2, 0.25) is 0 Å². The first-order valence-corrected chi connectivity index (χ1v) is 4.66. The number of benzene rings is 1. The van der Waals surface area contributed by atoms with Crippen molar-refractivity contribution in [2.45, 2.75) is 12.5 Å². The Balaban J connectivity index is 2.01. The zero-order valence-corrected chi connectivity index (χ0v) is 8.01. The number of carbonyl (C=O) groups is 1. The van der Waals surface area contributed by atoms with Gasteiger partial charge in [-0.2, -0.15) is 0 Å². The molecule has 0 bridgehead atoms. The van der Waals surface area contributed by atoms with Crippen molar-refractivity contribution in [3.8, 4) is 0 Å². The highest BCUT2D eigenvalue weighted by Gasteiger charge is 2.20. The van der Waals surface area contributed by atoms with Gasteiger partial charge < -0.3 is 5.11 Å². The predicted octanol–water partition coefficient (Wildman–Crippen LogP) is 1.10. The van der Waals surface area contributed by atoms with Crippen molar-refractivity contribution < 1.29 is 14.7 Å². The lowest BCUT2D eigenvalue weighted by Crippen LogP contribution is -2.17. The number of rotatable bonds is 3. The summed E-state index contributed by atoms with van der Waals surface area (Å²) in [5.74, 6) is -0.995. The van der Waals surface area contributed by atoms with Gasteiger partial charge in [-0.05, 0) is 11.6 Å². The fourth-order valence-electron chi connectivity index (χ4n) is 1.46. The van der Waals surface area contributed by atoms with Crippen LogP contribution in [-0.2, 0) is 16.1 Å². The summed E-state index contributed by atoms with van der Waals surface area (Å²) in [6.07, 6.45) is 2.04. The van der Waals surface area contributed by atoms with Crippen molar-refractivity contribution in [3.05, 3.63) is 47.7 Å². The van der Waals surface area contributed by atoms with Gasteiger partial charge in [0.05, 0.1) is 0 Å². The van der Waals surface area contributed by atoms with Gasteiger partial charge in [-0.1, -0.05) is 30.3 Å². The third kappa shape index (κ3) is 2.35. The Morgan fingerprint density at radius 3 is 2.73 bits per heavy atom. The molecule has 0 radical (unpaired) electrons. The van der Waals surface area contributed by atoms with E-state index >= 15 is 0 Å². The predicted molar refractivity (Wildman–Crippen MR) is 53.9 cm³/mol. The molecule has 0 aromatic heterocycles. The van der Waals surface area contributed by atoms with Crippen molar-refractivity contribution in [2.24, 2.45) is 0 Å². The summed E-state index contributed by atoms with van der Waals surface area (Å²) >= 11 is 0. The molecule has 1 aromatic carbocycles. The fraction of sp³-hybridized carbons (Fsp3) is 0.182. The first-order valence-electron chi connectivity index (χ1n) is 4.66. The highest BCUT2D eigenvalue weighted by atomic mass is 16.7. The Labute approximate surface area is 87.1 Å². The molecule has 1 unspecified atom stereocenters. The van der Waals surface area contributed by atoms with Gasteiger partial charge in [0, 0.05) is 6.42 Å². The van der Waals surface area contributed by atoms with E-state index in [1.54, 1.807) is 6.08 Å². The van der Waals surface area contributed by atoms with Crippen molar-refractivity contribution in [1.29, 1.82) is 0 Å². The molecule has 0 aliphatic carbocycles. The first-order chi connectivity index (χ1) is 7.25. The molecule has 0 saturated heterocycles. The third-order valence-electron chi connectivity index (χ3n) is 2.18. The number of hydroxylamine groups is 1. The van der Waals surface area contributed by atoms with Gasteiger partial charge in [-0.3, -0.25) is 10.3 Å². The fourth-order valence-corrected chi connectivity index (χ4v) is 1.46. The van der Waals surface area contributed by atoms with Crippen LogP contribution in [0.15, 0.2) is 42.1 Å². The van der Waals surface area contributed by atoms with Crippen LogP contribution in [0.1, 0.15) is 5.56 Å². The zero-order chi connectivity index (χ0) is 10.7. The van der Waals surface area contributed by atoms with Crippen LogP contribution in [0, 0.1) is 0 Å². The Morgan fingerprint density at radius 1 is 1.40 bits per heavy atom. The highest BCUT2D eigenvalue weighted by molar-refractivity contribution is 5.86. The first kappa shape index (κ1) is 9.73. The minimum absolute atomic E-state index is 0.107. The second-order valence-electron chi connectivity index (χ2n) is 3.33. The number of carboxylic acid groups (broad SMARTS) is 1. The van der Waals surface area contributed by atoms with E-state index in [0.29, 0.717) is 6.42 Å². The summed E-state index contributed by atoms with van der Waals surface area (Å²) in [6.45, 7) is 0. The minimum Gasteiger partial charge on any atom is -0.477 e. The lowest BCUT2D eigenvalue weighted by Gasteiger charge is -2.06. The van der Waals surface area contributed by atoms with Crippen LogP contribution in [0.25, 0.3) is 0 Å². The van der Waals surface area contributed by atoms with E-state index in [1.807, 2.05) is 30.3 Å². The van der Waals surface area contributed by atoms with E-state index in [-0.39, 0.29) is 11.8 Å². The van der Waals surface area contributed by atoms with E-state index in [2.05, 4.69) is 5.48 Å². The van der Waals surface area contributed by atoms with E-state index < -0.39 is 5.97 Å². The zero-order valence-electron chi connectivity index (χ0n) is 8.01. The maximum Gasteiger partial charge on any atom is 0.354 e. The molecule has 1 heterocycles. The largest absolute Gasteiger partial charge is 0.477 e. The molecular formula is C11H11NO3. The SMILES string of the molecule is O=C(O)C1=CC(Cc2ccccc2)ON1. The van der Waals surface area contributed by atoms with Crippen LogP contribution in [0.5, 0.6) is 0 Å². The van der Waals surface area contributed by atoms with Crippen LogP contribution < -0.4 is 5.48 Å². The molecule has 0 spiro atoms. The average Bonchev–Trinajstić information content (AvgIpc) is 2.68. The summed E-state index contributed by atoms with van der Waals surface area (Å²) in [5, 5.41) is 8.69. The van der Waals surface area contributed by atoms with E-state index in [4.69, 9.17) is 9.94 Å². The van der Waals surface area contributed by atoms with Gasteiger partial charge in [-0.15, -0.1) is 0 Å². The van der Waals surface area contributed by atoms with Crippen LogP contribution in [0.4, 0.5) is 0 Å². The standard InChI is InChI=1S/C11H11NO3/c13-11(14)10-7-9(15-12-10)6-8-4-2-1-3-5-8/h1-5,7,9,12H,6H2,(H,13,14). The van der Waals surface area contributed by atoms with Gasteiger partial charge in [0.2, 0.25) is 0 Å². The average molecular weight is 205 g/mol. The molecule has 15 heavy (non-hydrogen) atoms. The summed E-state index contributed by atoms with van der Waals surface area (Å²) in [6, 6.07) is 9.79. The van der Waals surface area contributed by atoms with E-state index in [9.17, 15) is 4.79 Å². The van der Waals surface area contributed by atoms with Crippen molar-refractivity contribution >= 4 is 5.97 Å². The molecule has 1 aromatic rings. The lowest BCUT2D eigenvalue weighted by atomic mass is 10.1. The lowest BCUT2D eigenvalue weighted by molar-refractivity contribution is -0.134. The maximum atomic E-state index is 10.6. The Kier molecular flexibility index (Phi) is 2.69. The number of nitrogens with one attached hydrogen (secondary N) is 1. The molecule has 1 aliphatic heterocycles. The molecule has 0 amide bonds. The number of carboxylic acids is 1. The molecule has 2 N–H and O–H groups in total. The Bertz CT molecular complexity index is 386. The monoisotopic (exact) mass is 205 g/mol. The molecule has 78 valence electrons. The van der Waals surface area contributed by atoms with E-state index in [1.165, 1.54) is 0 Å². The summed E-state index contributed by atoms with van der Waals surface area (Å²) in [4.78, 5) is 15.7. The van der Waals surface area contributed by atoms with Gasteiger partial charge >= 0.3 is 5.97 Å². The maximum absolute atomic E-state index is 10.6. The smallest absolute Gasteiger partial charge is 0.354 e. The van der Waals surface area contributed by atoms with Gasteiger partial charge in [0.25, 0.3) is 0 Å². The van der Waals surface area contributed by atoms with Gasteiger partial charge in [0.15, 0.2) is 0 Å². The number of aliphatic carboxylic acids is 1. The van der Waals surface area contributed by atoms with Crippen LogP contribution in [0.3, 0.4) is 0 Å². The number of hydrogen-bond donors (Lipinski definition) is 2. The van der Waals surface area contributed by atoms with Gasteiger partial charge in [-0.25, -0.2) is 4.79 Å². The summed E-state index contributed by atoms with van der Waals surface area (Å²) < 4.78 is 0. The Morgan fingerprint density at radius 2 is 2.13 bits per heavy atom. The molecule has 0 saturated carbocycles. The molecular weight excluding hydrogens is 194 g/mol. The highest BCUT2D eigenvalue weighted by Crippen LogP contribution is 2.12. The minimum atomic E-state index is -0.995. The van der Waals surface area contributed by atoms with Crippen molar-refractivity contribution in [2.75, 3.05) is 0 Å². The van der Waals surface area contributed by atoms with Gasteiger partial charge in [0.1, 0.15) is 11.8 Å². The topological polar surface area (TPSA) is 58.6 Å². The molecule has 4 heteroatoms. The quantitative estimate of drug-likeness (QED) is 0.775. The molecule has 2 rings (SSSR count). The second-order valence-corrected chi connectivity index (χ2v) is 3.33. The molecule has 1 aliphatic rings. The third-order valence-corrected chi connectivity index (χ3v) is 2.18. The second kappa shape index (κ2) is 4.14. The molecule has 1 atom stereocenters. The van der Waals surface area contributed by atoms with Crippen molar-refractivity contribution in [3.63, 3.8) is 0 Å². The summed E-state index contributed by atoms with van der Waals surface area (Å²) in [7, 11) is 0. The molecule has 0 fully saturated rings. The Hall–Kier alpha value is -1.81. The van der Waals surface area contributed by atoms with Crippen molar-refractivity contribution in [1.82, 2.24) is 5.48 Å². The van der Waals surface area contributed by atoms with Crippen LogP contribution in [-0.4, -0.2) is 17.2 Å². The molecule has 4 nitrogen and oxygen atoms in total. The van der Waals surface area contributed by atoms with Crippen LogP contribution >= 0.6 is 0 Å².